The molecule has 2 aromatic heterocycles. The Kier molecular flexibility index (Phi) is 5.02. The van der Waals surface area contributed by atoms with Gasteiger partial charge in [0.05, 0.1) is 12.7 Å². The number of hydrogen-bond donors (Lipinski definition) is 2. The predicted octanol–water partition coefficient (Wildman–Crippen LogP) is 1.52. The van der Waals surface area contributed by atoms with Crippen LogP contribution in [0.15, 0.2) is 61.2 Å². The third-order valence-electron chi connectivity index (χ3n) is 5.12. The minimum atomic E-state index is -0.616. The number of carbonyl (C=O) groups is 1. The van der Waals surface area contributed by atoms with Gasteiger partial charge in [0.25, 0.3) is 0 Å². The normalized spacial score (nSPS) is 16.1. The Bertz CT molecular complexity index is 865. The van der Waals surface area contributed by atoms with E-state index in [1.165, 1.54) is 5.56 Å². The van der Waals surface area contributed by atoms with Crippen molar-refractivity contribution in [2.45, 2.75) is 31.5 Å². The monoisotopic (exact) mass is 364 g/mol. The highest BCUT2D eigenvalue weighted by Crippen LogP contribution is 2.27. The summed E-state index contributed by atoms with van der Waals surface area (Å²) in [6.45, 7) is 2.80. The van der Waals surface area contributed by atoms with Crippen molar-refractivity contribution in [2.75, 3.05) is 13.1 Å². The molecule has 0 radical (unpaired) electrons. The van der Waals surface area contributed by atoms with E-state index in [1.54, 1.807) is 6.20 Å². The lowest BCUT2D eigenvalue weighted by atomic mass is 9.87. The lowest BCUT2D eigenvalue weighted by Gasteiger charge is -2.36. The summed E-state index contributed by atoms with van der Waals surface area (Å²) in [6, 6.07) is 12.1. The summed E-state index contributed by atoms with van der Waals surface area (Å²) in [5.41, 5.74) is 1.57. The van der Waals surface area contributed by atoms with E-state index in [0.29, 0.717) is 6.54 Å². The average Bonchev–Trinajstić information content (AvgIpc) is 3.40. The Morgan fingerprint density at radius 1 is 1.11 bits per heavy atom. The molecular weight excluding hydrogens is 340 g/mol. The summed E-state index contributed by atoms with van der Waals surface area (Å²) >= 11 is 0. The number of piperidine rings is 1. The summed E-state index contributed by atoms with van der Waals surface area (Å²) in [5, 5.41) is 15.2. The van der Waals surface area contributed by atoms with Crippen LogP contribution >= 0.6 is 0 Å². The highest BCUT2D eigenvalue weighted by molar-refractivity contribution is 5.84. The van der Waals surface area contributed by atoms with E-state index in [9.17, 15) is 4.79 Å². The van der Waals surface area contributed by atoms with Crippen LogP contribution in [0.4, 0.5) is 0 Å². The minimum Gasteiger partial charge on any atom is -0.350 e. The van der Waals surface area contributed by atoms with Crippen LogP contribution in [-0.2, 0) is 23.4 Å². The molecule has 2 N–H and O–H groups in total. The van der Waals surface area contributed by atoms with Crippen LogP contribution in [0.2, 0.25) is 0 Å². The molecule has 0 unspecified atom stereocenters. The van der Waals surface area contributed by atoms with Gasteiger partial charge in [-0.25, -0.2) is 0 Å². The molecule has 0 spiro atoms. The first-order chi connectivity index (χ1) is 13.3. The van der Waals surface area contributed by atoms with E-state index in [4.69, 9.17) is 0 Å². The van der Waals surface area contributed by atoms with Crippen LogP contribution in [0.3, 0.4) is 0 Å². The maximum atomic E-state index is 13.1. The van der Waals surface area contributed by atoms with Gasteiger partial charge in [-0.2, -0.15) is 10.2 Å². The van der Waals surface area contributed by atoms with Crippen molar-refractivity contribution in [1.82, 2.24) is 30.2 Å². The third kappa shape index (κ3) is 3.78. The number of rotatable bonds is 6. The molecule has 3 heterocycles. The van der Waals surface area contributed by atoms with Crippen LogP contribution in [0.25, 0.3) is 0 Å². The summed E-state index contributed by atoms with van der Waals surface area (Å²) in [7, 11) is 0. The molecule has 0 atom stereocenters. The molecule has 0 bridgehead atoms. The van der Waals surface area contributed by atoms with Crippen molar-refractivity contribution in [1.29, 1.82) is 0 Å². The number of nitrogens with one attached hydrogen (secondary N) is 2. The van der Waals surface area contributed by atoms with Crippen molar-refractivity contribution in [3.63, 3.8) is 0 Å². The Balaban J connectivity index is 1.41. The van der Waals surface area contributed by atoms with Gasteiger partial charge in [0.15, 0.2) is 0 Å². The van der Waals surface area contributed by atoms with E-state index < -0.39 is 5.54 Å². The van der Waals surface area contributed by atoms with Crippen molar-refractivity contribution < 1.29 is 4.79 Å². The molecule has 0 saturated carbocycles. The molecule has 1 fully saturated rings. The van der Waals surface area contributed by atoms with Gasteiger partial charge in [-0.15, -0.1) is 0 Å². The van der Waals surface area contributed by atoms with Crippen LogP contribution in [0.5, 0.6) is 0 Å². The molecule has 1 aliphatic rings. The topological polar surface area (TPSA) is 76.8 Å². The van der Waals surface area contributed by atoms with E-state index >= 15 is 0 Å². The van der Waals surface area contributed by atoms with Crippen LogP contribution in [-0.4, -0.2) is 38.6 Å². The van der Waals surface area contributed by atoms with Gasteiger partial charge >= 0.3 is 0 Å². The Labute approximate surface area is 158 Å². The Morgan fingerprint density at radius 3 is 2.67 bits per heavy atom. The van der Waals surface area contributed by atoms with Gasteiger partial charge in [-0.05, 0) is 37.6 Å². The quantitative estimate of drug-likeness (QED) is 0.695. The first-order valence-corrected chi connectivity index (χ1v) is 9.31. The van der Waals surface area contributed by atoms with Crippen LogP contribution in [0.1, 0.15) is 24.0 Å². The van der Waals surface area contributed by atoms with Crippen molar-refractivity contribution in [2.24, 2.45) is 0 Å². The van der Waals surface area contributed by atoms with Crippen LogP contribution < -0.4 is 10.6 Å². The fourth-order valence-corrected chi connectivity index (χ4v) is 3.62. The molecule has 7 heteroatoms. The number of aromatic nitrogens is 4. The van der Waals surface area contributed by atoms with E-state index in [1.807, 2.05) is 52.2 Å². The standard InChI is InChI=1S/C20H24N6O/c27-19(20(7-10-21-11-8-20)26-12-4-9-23-26)22-13-18-14-24-25(16-18)15-17-5-2-1-3-6-17/h1-6,9,12,14,16,21H,7-8,10-11,13,15H2,(H,22,27). The molecule has 27 heavy (non-hydrogen) atoms. The van der Waals surface area contributed by atoms with E-state index in [0.717, 1.165) is 38.0 Å². The van der Waals surface area contributed by atoms with Gasteiger partial charge in [0.2, 0.25) is 5.91 Å². The second-order valence-electron chi connectivity index (χ2n) is 6.95. The predicted molar refractivity (Wildman–Crippen MR) is 102 cm³/mol. The summed E-state index contributed by atoms with van der Waals surface area (Å²) in [5.74, 6) is 0.0171. The highest BCUT2D eigenvalue weighted by atomic mass is 16.2. The van der Waals surface area contributed by atoms with Gasteiger partial charge < -0.3 is 10.6 Å². The fraction of sp³-hybridized carbons (Fsp3) is 0.350. The highest BCUT2D eigenvalue weighted by Gasteiger charge is 2.41. The molecule has 7 nitrogen and oxygen atoms in total. The summed E-state index contributed by atoms with van der Waals surface area (Å²) in [4.78, 5) is 13.1. The zero-order valence-electron chi connectivity index (χ0n) is 15.2. The number of hydrogen-bond acceptors (Lipinski definition) is 4. The van der Waals surface area contributed by atoms with Crippen molar-refractivity contribution in [3.8, 4) is 0 Å². The maximum absolute atomic E-state index is 13.1. The summed E-state index contributed by atoms with van der Waals surface area (Å²) in [6.07, 6.45) is 8.86. The lowest BCUT2D eigenvalue weighted by molar-refractivity contribution is -0.132. The second-order valence-corrected chi connectivity index (χ2v) is 6.95. The molecule has 1 amide bonds. The molecule has 1 aliphatic heterocycles. The van der Waals surface area contributed by atoms with Crippen molar-refractivity contribution >= 4 is 5.91 Å². The van der Waals surface area contributed by atoms with Gasteiger partial charge in [-0.1, -0.05) is 30.3 Å². The minimum absolute atomic E-state index is 0.0171. The van der Waals surface area contributed by atoms with E-state index in [-0.39, 0.29) is 5.91 Å². The molecule has 0 aliphatic carbocycles. The molecule has 4 rings (SSSR count). The van der Waals surface area contributed by atoms with Gasteiger partial charge in [0.1, 0.15) is 5.54 Å². The SMILES string of the molecule is O=C(NCc1cnn(Cc2ccccc2)c1)C1(n2cccn2)CCNCC1. The lowest BCUT2D eigenvalue weighted by Crippen LogP contribution is -2.54. The first-order valence-electron chi connectivity index (χ1n) is 9.31. The molecule has 140 valence electrons. The Morgan fingerprint density at radius 2 is 1.93 bits per heavy atom. The first kappa shape index (κ1) is 17.5. The number of nitrogens with zero attached hydrogens (tertiary/aromatic N) is 4. The number of benzene rings is 1. The zero-order valence-corrected chi connectivity index (χ0v) is 15.2. The molecule has 1 saturated heterocycles. The molecule has 3 aromatic rings. The molecular formula is C20H24N6O. The largest absolute Gasteiger partial charge is 0.350 e. The Hall–Kier alpha value is -2.93. The van der Waals surface area contributed by atoms with Crippen molar-refractivity contribution in [3.05, 3.63) is 72.3 Å². The summed E-state index contributed by atoms with van der Waals surface area (Å²) < 4.78 is 3.70. The maximum Gasteiger partial charge on any atom is 0.248 e. The van der Waals surface area contributed by atoms with Crippen LogP contribution in [0, 0.1) is 0 Å². The average molecular weight is 364 g/mol. The van der Waals surface area contributed by atoms with Gasteiger partial charge in [0, 0.05) is 30.7 Å². The molecule has 1 aromatic carbocycles. The van der Waals surface area contributed by atoms with Gasteiger partial charge in [-0.3, -0.25) is 14.2 Å². The smallest absolute Gasteiger partial charge is 0.248 e. The number of amides is 1. The zero-order chi connectivity index (χ0) is 18.5. The second kappa shape index (κ2) is 7.75. The third-order valence-corrected chi connectivity index (χ3v) is 5.12. The number of carbonyl (C=O) groups excluding carboxylic acids is 1. The fourth-order valence-electron chi connectivity index (χ4n) is 3.62. The van der Waals surface area contributed by atoms with E-state index in [2.05, 4.69) is 33.0 Å².